The highest BCUT2D eigenvalue weighted by Gasteiger charge is 2.35. The maximum Gasteiger partial charge on any atom is 0.242 e. The number of carbonyl (C=O) groups excluding carboxylic acids is 1. The lowest BCUT2D eigenvalue weighted by molar-refractivity contribution is -0.126. The van der Waals surface area contributed by atoms with E-state index in [0.717, 1.165) is 16.7 Å². The van der Waals surface area contributed by atoms with Gasteiger partial charge < -0.3 is 0 Å². The lowest BCUT2D eigenvalue weighted by atomic mass is 10.1. The summed E-state index contributed by atoms with van der Waals surface area (Å²) in [6, 6.07) is 14.3. The van der Waals surface area contributed by atoms with Crippen molar-refractivity contribution in [3.8, 4) is 0 Å². The summed E-state index contributed by atoms with van der Waals surface area (Å²) in [6.45, 7) is 8.62. The minimum absolute atomic E-state index is 0.0821. The molecule has 0 saturated carbocycles. The van der Waals surface area contributed by atoms with Gasteiger partial charge >= 0.3 is 0 Å². The Morgan fingerprint density at radius 3 is 2.62 bits per heavy atom. The fourth-order valence-electron chi connectivity index (χ4n) is 2.88. The highest BCUT2D eigenvalue weighted by Crippen LogP contribution is 2.29. The monoisotopic (exact) mass is 365 g/mol. The van der Waals surface area contributed by atoms with E-state index in [1.54, 1.807) is 11.1 Å². The van der Waals surface area contributed by atoms with Crippen LogP contribution in [0.5, 0.6) is 0 Å². The Kier molecular flexibility index (Phi) is 5.57. The molecule has 1 amide bonds. The van der Waals surface area contributed by atoms with Crippen molar-refractivity contribution in [2.24, 2.45) is 10.2 Å². The Morgan fingerprint density at radius 1 is 1.12 bits per heavy atom. The van der Waals surface area contributed by atoms with E-state index < -0.39 is 0 Å². The average Bonchev–Trinajstić information content (AvgIpc) is 2.86. The van der Waals surface area contributed by atoms with Crippen LogP contribution in [-0.2, 0) is 11.3 Å². The summed E-state index contributed by atoms with van der Waals surface area (Å²) in [4.78, 5) is 14.3. The molecule has 26 heavy (non-hydrogen) atoms. The molecular weight excluding hydrogens is 342 g/mol. The molecule has 0 spiro atoms. The molecule has 1 saturated heterocycles. The van der Waals surface area contributed by atoms with Crippen molar-refractivity contribution in [2.75, 3.05) is 0 Å². The van der Waals surface area contributed by atoms with Crippen LogP contribution in [0.25, 0.3) is 0 Å². The van der Waals surface area contributed by atoms with Gasteiger partial charge in [0.25, 0.3) is 0 Å². The highest BCUT2D eigenvalue weighted by molar-refractivity contribution is 8.15. The first-order valence-corrected chi connectivity index (χ1v) is 9.54. The zero-order valence-corrected chi connectivity index (χ0v) is 16.4. The number of amides is 1. The molecule has 3 rings (SSSR count). The van der Waals surface area contributed by atoms with E-state index in [0.29, 0.717) is 11.7 Å². The second-order valence-corrected chi connectivity index (χ2v) is 7.91. The van der Waals surface area contributed by atoms with Gasteiger partial charge in [0, 0.05) is 0 Å². The topological polar surface area (TPSA) is 45.0 Å². The number of hydrogen-bond acceptors (Lipinski definition) is 4. The Balaban J connectivity index is 1.82. The molecule has 4 nitrogen and oxygen atoms in total. The van der Waals surface area contributed by atoms with Gasteiger partial charge in [-0.1, -0.05) is 59.8 Å². The fourth-order valence-corrected chi connectivity index (χ4v) is 3.80. The summed E-state index contributed by atoms with van der Waals surface area (Å²) in [6.07, 6.45) is 1.75. The predicted molar refractivity (Wildman–Crippen MR) is 110 cm³/mol. The van der Waals surface area contributed by atoms with Crippen LogP contribution >= 0.6 is 11.8 Å². The summed E-state index contributed by atoms with van der Waals surface area (Å²) < 4.78 is 0. The molecule has 0 N–H and O–H groups in total. The smallest absolute Gasteiger partial charge is 0.242 e. The molecule has 0 aliphatic carbocycles. The first kappa shape index (κ1) is 18.4. The molecule has 2 aromatic rings. The largest absolute Gasteiger partial charge is 0.284 e. The standard InChI is InChI=1S/C21H23N3OS/c1-14-9-10-18(16(3)11-14)12-22-23-21-24(20(25)17(4)26-21)13-19-8-6-5-7-15(19)2/h5-12,17H,13H2,1-4H3. The minimum atomic E-state index is -0.130. The van der Waals surface area contributed by atoms with E-state index in [-0.39, 0.29) is 11.2 Å². The van der Waals surface area contributed by atoms with Crippen molar-refractivity contribution in [3.05, 3.63) is 70.3 Å². The van der Waals surface area contributed by atoms with Crippen LogP contribution < -0.4 is 0 Å². The van der Waals surface area contributed by atoms with Gasteiger partial charge in [-0.25, -0.2) is 0 Å². The van der Waals surface area contributed by atoms with Crippen LogP contribution in [-0.4, -0.2) is 27.4 Å². The van der Waals surface area contributed by atoms with Crippen molar-refractivity contribution >= 4 is 29.1 Å². The number of nitrogens with zero attached hydrogens (tertiary/aromatic N) is 3. The van der Waals surface area contributed by atoms with Gasteiger partial charge in [-0.2, -0.15) is 5.10 Å². The van der Waals surface area contributed by atoms with Gasteiger partial charge in [-0.05, 0) is 49.9 Å². The molecule has 1 atom stereocenters. The molecular formula is C21H23N3OS. The molecule has 1 unspecified atom stereocenters. The molecule has 134 valence electrons. The third-order valence-electron chi connectivity index (χ3n) is 4.48. The van der Waals surface area contributed by atoms with Crippen molar-refractivity contribution in [1.29, 1.82) is 0 Å². The van der Waals surface area contributed by atoms with Crippen LogP contribution in [0, 0.1) is 20.8 Å². The molecule has 1 aliphatic rings. The van der Waals surface area contributed by atoms with Crippen LogP contribution in [0.2, 0.25) is 0 Å². The molecule has 0 aromatic heterocycles. The molecule has 2 aromatic carbocycles. The highest BCUT2D eigenvalue weighted by atomic mass is 32.2. The maximum atomic E-state index is 12.5. The first-order chi connectivity index (χ1) is 12.5. The average molecular weight is 366 g/mol. The third kappa shape index (κ3) is 4.05. The van der Waals surface area contributed by atoms with E-state index in [1.807, 2.05) is 31.2 Å². The first-order valence-electron chi connectivity index (χ1n) is 8.66. The van der Waals surface area contributed by atoms with E-state index in [2.05, 4.69) is 49.2 Å². The SMILES string of the molecule is Cc1ccc(C=NN=C2SC(C)C(=O)N2Cc2ccccc2C)c(C)c1. The van der Waals surface area contributed by atoms with Crippen LogP contribution in [0.4, 0.5) is 0 Å². The van der Waals surface area contributed by atoms with E-state index in [4.69, 9.17) is 0 Å². The number of carbonyl (C=O) groups is 1. The number of thioether (sulfide) groups is 1. The van der Waals surface area contributed by atoms with E-state index in [9.17, 15) is 4.79 Å². The Morgan fingerprint density at radius 2 is 1.88 bits per heavy atom. The van der Waals surface area contributed by atoms with Crippen LogP contribution in [0.3, 0.4) is 0 Å². The van der Waals surface area contributed by atoms with Crippen molar-refractivity contribution in [3.63, 3.8) is 0 Å². The predicted octanol–water partition coefficient (Wildman–Crippen LogP) is 4.47. The normalized spacial score (nSPS) is 19.1. The Labute approximate surface area is 159 Å². The van der Waals surface area contributed by atoms with E-state index >= 15 is 0 Å². The molecule has 0 radical (unpaired) electrons. The lowest BCUT2D eigenvalue weighted by Gasteiger charge is -2.16. The second kappa shape index (κ2) is 7.87. The zero-order valence-electron chi connectivity index (χ0n) is 15.6. The summed E-state index contributed by atoms with van der Waals surface area (Å²) >= 11 is 1.46. The minimum Gasteiger partial charge on any atom is -0.284 e. The van der Waals surface area contributed by atoms with E-state index in [1.165, 1.54) is 22.9 Å². The van der Waals surface area contributed by atoms with Gasteiger partial charge in [-0.15, -0.1) is 5.10 Å². The number of rotatable bonds is 4. The third-order valence-corrected chi connectivity index (χ3v) is 5.55. The number of benzene rings is 2. The van der Waals surface area contributed by atoms with Gasteiger partial charge in [-0.3, -0.25) is 9.69 Å². The van der Waals surface area contributed by atoms with Gasteiger partial charge in [0.05, 0.1) is 18.0 Å². The van der Waals surface area contributed by atoms with Crippen LogP contribution in [0.1, 0.15) is 34.7 Å². The number of hydrogen-bond donors (Lipinski definition) is 0. The van der Waals surface area contributed by atoms with Crippen molar-refractivity contribution < 1.29 is 4.79 Å². The number of aryl methyl sites for hydroxylation is 3. The maximum absolute atomic E-state index is 12.5. The number of amidine groups is 1. The lowest BCUT2D eigenvalue weighted by Crippen LogP contribution is -2.31. The molecule has 0 bridgehead atoms. The quantitative estimate of drug-likeness (QED) is 0.593. The summed E-state index contributed by atoms with van der Waals surface area (Å²) in [5.41, 5.74) is 5.72. The Bertz CT molecular complexity index is 889. The molecule has 1 fully saturated rings. The summed E-state index contributed by atoms with van der Waals surface area (Å²) in [5, 5.41) is 9.12. The second-order valence-electron chi connectivity index (χ2n) is 6.60. The van der Waals surface area contributed by atoms with Gasteiger partial charge in [0.15, 0.2) is 5.17 Å². The van der Waals surface area contributed by atoms with Crippen molar-refractivity contribution in [2.45, 2.75) is 39.5 Å². The van der Waals surface area contributed by atoms with Gasteiger partial charge in [0.1, 0.15) is 0 Å². The van der Waals surface area contributed by atoms with Gasteiger partial charge in [0.2, 0.25) is 5.91 Å². The van der Waals surface area contributed by atoms with Crippen LogP contribution in [0.15, 0.2) is 52.7 Å². The Hall–Kier alpha value is -2.40. The zero-order chi connectivity index (χ0) is 18.7. The molecule has 1 aliphatic heterocycles. The van der Waals surface area contributed by atoms with Crippen molar-refractivity contribution in [1.82, 2.24) is 4.90 Å². The fraction of sp³-hybridized carbons (Fsp3) is 0.286. The molecule has 5 heteroatoms. The summed E-state index contributed by atoms with van der Waals surface area (Å²) in [7, 11) is 0. The summed E-state index contributed by atoms with van der Waals surface area (Å²) in [5.74, 6) is 0.0821. The molecule has 1 heterocycles.